The van der Waals surface area contributed by atoms with Crippen molar-refractivity contribution < 1.29 is 9.18 Å². The molecule has 1 fully saturated rings. The lowest BCUT2D eigenvalue weighted by atomic mass is 9.98. The van der Waals surface area contributed by atoms with Crippen molar-refractivity contribution in [3.8, 4) is 0 Å². The second kappa shape index (κ2) is 8.20. The number of aryl methyl sites for hydroxylation is 1. The fraction of sp³-hybridized carbons (Fsp3) is 0.500. The second-order valence-corrected chi connectivity index (χ2v) is 6.72. The maximum Gasteiger partial charge on any atom is 0.234 e. The quantitative estimate of drug-likeness (QED) is 0.866. The van der Waals surface area contributed by atoms with E-state index >= 15 is 0 Å². The highest BCUT2D eigenvalue weighted by molar-refractivity contribution is 5.78. The molecular formula is C18H24FN5O. The minimum atomic E-state index is -0.221. The summed E-state index contributed by atoms with van der Waals surface area (Å²) < 4.78 is 15.1. The van der Waals surface area contributed by atoms with E-state index in [1.165, 1.54) is 6.07 Å². The lowest BCUT2D eigenvalue weighted by Gasteiger charge is -2.32. The highest BCUT2D eigenvalue weighted by Crippen LogP contribution is 2.17. The monoisotopic (exact) mass is 345 g/mol. The molecule has 25 heavy (non-hydrogen) atoms. The van der Waals surface area contributed by atoms with Gasteiger partial charge in [0.2, 0.25) is 5.91 Å². The van der Waals surface area contributed by atoms with Crippen LogP contribution >= 0.6 is 0 Å². The van der Waals surface area contributed by atoms with Crippen molar-refractivity contribution in [3.63, 3.8) is 0 Å². The van der Waals surface area contributed by atoms with E-state index < -0.39 is 0 Å². The molecule has 1 N–H and O–H groups in total. The molecule has 2 aromatic rings. The van der Waals surface area contributed by atoms with Gasteiger partial charge in [0, 0.05) is 19.6 Å². The van der Waals surface area contributed by atoms with E-state index in [0.717, 1.165) is 38.0 Å². The van der Waals surface area contributed by atoms with Gasteiger partial charge in [-0.1, -0.05) is 12.1 Å². The third-order valence-corrected chi connectivity index (χ3v) is 4.59. The van der Waals surface area contributed by atoms with Gasteiger partial charge in [-0.25, -0.2) is 9.37 Å². The van der Waals surface area contributed by atoms with E-state index in [2.05, 4.69) is 20.3 Å². The average molecular weight is 345 g/mol. The summed E-state index contributed by atoms with van der Waals surface area (Å²) in [5, 5.41) is 7.08. The molecule has 2 heterocycles. The molecule has 134 valence electrons. The Hall–Kier alpha value is -2.28. The largest absolute Gasteiger partial charge is 0.351 e. The van der Waals surface area contributed by atoms with Gasteiger partial charge < -0.3 is 5.32 Å². The minimum absolute atomic E-state index is 0.00313. The number of rotatable bonds is 6. The molecule has 1 amide bonds. The van der Waals surface area contributed by atoms with Crippen LogP contribution in [0.15, 0.2) is 30.9 Å². The Morgan fingerprint density at radius 1 is 1.44 bits per heavy atom. The maximum absolute atomic E-state index is 13.3. The third kappa shape index (κ3) is 5.09. The van der Waals surface area contributed by atoms with Gasteiger partial charge in [-0.15, -0.1) is 0 Å². The van der Waals surface area contributed by atoms with Crippen LogP contribution in [0.25, 0.3) is 0 Å². The first kappa shape index (κ1) is 17.5. The molecule has 3 rings (SSSR count). The number of aromatic nitrogens is 3. The van der Waals surface area contributed by atoms with Crippen molar-refractivity contribution in [3.05, 3.63) is 47.8 Å². The summed E-state index contributed by atoms with van der Waals surface area (Å²) in [5.41, 5.74) is 1.51. The Labute approximate surface area is 147 Å². The number of hydrogen-bond acceptors (Lipinski definition) is 4. The molecule has 1 saturated heterocycles. The number of carbonyl (C=O) groups excluding carboxylic acids is 1. The summed E-state index contributed by atoms with van der Waals surface area (Å²) >= 11 is 0. The summed E-state index contributed by atoms with van der Waals surface area (Å²) in [7, 11) is 0. The molecule has 1 aliphatic heterocycles. The van der Waals surface area contributed by atoms with Crippen LogP contribution in [0.3, 0.4) is 0 Å². The fourth-order valence-corrected chi connectivity index (χ4v) is 3.31. The molecule has 1 atom stereocenters. The molecule has 6 nitrogen and oxygen atoms in total. The highest BCUT2D eigenvalue weighted by Gasteiger charge is 2.22. The highest BCUT2D eigenvalue weighted by atomic mass is 19.1. The third-order valence-electron chi connectivity index (χ3n) is 4.59. The first-order chi connectivity index (χ1) is 12.1. The lowest BCUT2D eigenvalue weighted by Crippen LogP contribution is -2.43. The number of hydrogen-bond donors (Lipinski definition) is 1. The van der Waals surface area contributed by atoms with Gasteiger partial charge in [0.1, 0.15) is 18.5 Å². The van der Waals surface area contributed by atoms with Gasteiger partial charge in [-0.05, 0) is 49.4 Å². The SMILES string of the molecule is Cc1cc(CNC(=O)CN2CCC[C@@H](Cn3cncn3)C2)ccc1F. The van der Waals surface area contributed by atoms with Crippen molar-refractivity contribution in [2.45, 2.75) is 32.9 Å². The minimum Gasteiger partial charge on any atom is -0.351 e. The van der Waals surface area contributed by atoms with Gasteiger partial charge in [0.15, 0.2) is 0 Å². The van der Waals surface area contributed by atoms with E-state index in [-0.39, 0.29) is 11.7 Å². The Balaban J connectivity index is 1.44. The predicted octanol–water partition coefficient (Wildman–Crippen LogP) is 1.75. The first-order valence-electron chi connectivity index (χ1n) is 8.66. The fourth-order valence-electron chi connectivity index (χ4n) is 3.31. The van der Waals surface area contributed by atoms with Crippen LogP contribution in [0.5, 0.6) is 0 Å². The molecule has 1 aromatic carbocycles. The second-order valence-electron chi connectivity index (χ2n) is 6.72. The van der Waals surface area contributed by atoms with Crippen LogP contribution in [0, 0.1) is 18.7 Å². The van der Waals surface area contributed by atoms with Crippen LogP contribution in [0.2, 0.25) is 0 Å². The zero-order valence-corrected chi connectivity index (χ0v) is 14.5. The van der Waals surface area contributed by atoms with Crippen LogP contribution < -0.4 is 5.32 Å². The standard InChI is InChI=1S/C18H24FN5O/c1-14-7-15(4-5-17(14)19)8-21-18(25)11-23-6-2-3-16(9-23)10-24-13-20-12-22-24/h4-5,7,12-13,16H,2-3,6,8-11H2,1H3,(H,21,25)/t16-/m1/s1. The van der Waals surface area contributed by atoms with Crippen LogP contribution in [-0.4, -0.2) is 45.2 Å². The van der Waals surface area contributed by atoms with Crippen molar-refractivity contribution in [1.29, 1.82) is 0 Å². The Morgan fingerprint density at radius 2 is 2.32 bits per heavy atom. The normalized spacial score (nSPS) is 18.2. The molecule has 0 unspecified atom stereocenters. The van der Waals surface area contributed by atoms with E-state index in [9.17, 15) is 9.18 Å². The molecule has 0 radical (unpaired) electrons. The van der Waals surface area contributed by atoms with Gasteiger partial charge in [0.25, 0.3) is 0 Å². The number of halogens is 1. The molecule has 0 bridgehead atoms. The van der Waals surface area contributed by atoms with Crippen LogP contribution in [-0.2, 0) is 17.9 Å². The summed E-state index contributed by atoms with van der Waals surface area (Å²) in [6, 6.07) is 4.92. The average Bonchev–Trinajstić information content (AvgIpc) is 3.09. The molecule has 1 aromatic heterocycles. The van der Waals surface area contributed by atoms with E-state index in [0.29, 0.717) is 24.6 Å². The molecule has 1 aliphatic rings. The molecule has 7 heteroatoms. The summed E-state index contributed by atoms with van der Waals surface area (Å²) in [4.78, 5) is 18.4. The Kier molecular flexibility index (Phi) is 5.75. The number of likely N-dealkylation sites (tertiary alicyclic amines) is 1. The molecule has 0 spiro atoms. The van der Waals surface area contributed by atoms with Crippen molar-refractivity contribution in [2.24, 2.45) is 5.92 Å². The number of nitrogens with zero attached hydrogens (tertiary/aromatic N) is 4. The first-order valence-corrected chi connectivity index (χ1v) is 8.66. The van der Waals surface area contributed by atoms with E-state index in [1.807, 2.05) is 4.68 Å². The summed E-state index contributed by atoms with van der Waals surface area (Å²) in [5.74, 6) is 0.271. The van der Waals surface area contributed by atoms with Crippen LogP contribution in [0.4, 0.5) is 4.39 Å². The number of nitrogens with one attached hydrogen (secondary N) is 1. The summed E-state index contributed by atoms with van der Waals surface area (Å²) in [6.45, 7) is 5.22. The number of benzene rings is 1. The number of piperidine rings is 1. The molecule has 0 aliphatic carbocycles. The zero-order chi connectivity index (χ0) is 17.6. The van der Waals surface area contributed by atoms with Crippen molar-refractivity contribution in [1.82, 2.24) is 25.0 Å². The predicted molar refractivity (Wildman–Crippen MR) is 92.2 cm³/mol. The van der Waals surface area contributed by atoms with Gasteiger partial charge in [-0.2, -0.15) is 5.10 Å². The van der Waals surface area contributed by atoms with Crippen molar-refractivity contribution >= 4 is 5.91 Å². The maximum atomic E-state index is 13.3. The molecule has 0 saturated carbocycles. The topological polar surface area (TPSA) is 63.1 Å². The van der Waals surface area contributed by atoms with Gasteiger partial charge in [-0.3, -0.25) is 14.4 Å². The van der Waals surface area contributed by atoms with E-state index in [4.69, 9.17) is 0 Å². The van der Waals surface area contributed by atoms with E-state index in [1.54, 1.807) is 31.7 Å². The lowest BCUT2D eigenvalue weighted by molar-refractivity contribution is -0.122. The van der Waals surface area contributed by atoms with Gasteiger partial charge >= 0.3 is 0 Å². The summed E-state index contributed by atoms with van der Waals surface area (Å²) in [6.07, 6.45) is 5.51. The van der Waals surface area contributed by atoms with Gasteiger partial charge in [0.05, 0.1) is 6.54 Å². The number of amides is 1. The van der Waals surface area contributed by atoms with Crippen molar-refractivity contribution in [2.75, 3.05) is 19.6 Å². The molecular weight excluding hydrogens is 321 g/mol. The zero-order valence-electron chi connectivity index (χ0n) is 14.5. The Morgan fingerprint density at radius 3 is 3.08 bits per heavy atom. The smallest absolute Gasteiger partial charge is 0.234 e. The Bertz CT molecular complexity index is 703. The van der Waals surface area contributed by atoms with Crippen LogP contribution in [0.1, 0.15) is 24.0 Å². The number of carbonyl (C=O) groups is 1.